The fourth-order valence-electron chi connectivity index (χ4n) is 3.04. The fraction of sp³-hybridized carbons (Fsp3) is 0.269. The van der Waals surface area contributed by atoms with Gasteiger partial charge in [-0.15, -0.1) is 6.42 Å². The number of ether oxygens (including phenoxy) is 2. The SMILES string of the molecule is C#CC=C.C=C(F)CCN(c1cccc(C(=O)O)c1)c1ccc(OC)c(OC2CCC2)c1. The van der Waals surface area contributed by atoms with Gasteiger partial charge in [0.1, 0.15) is 0 Å². The molecule has 1 fully saturated rings. The molecule has 6 heteroatoms. The Labute approximate surface area is 188 Å². The number of hydrogen-bond donors (Lipinski definition) is 1. The van der Waals surface area contributed by atoms with Gasteiger partial charge in [0, 0.05) is 30.4 Å². The summed E-state index contributed by atoms with van der Waals surface area (Å²) in [5, 5.41) is 9.30. The third-order valence-corrected chi connectivity index (χ3v) is 4.93. The second-order valence-electron chi connectivity index (χ2n) is 7.15. The van der Waals surface area contributed by atoms with Crippen LogP contribution in [0, 0.1) is 12.3 Å². The van der Waals surface area contributed by atoms with Gasteiger partial charge in [0.15, 0.2) is 11.5 Å². The van der Waals surface area contributed by atoms with Gasteiger partial charge in [-0.2, -0.15) is 0 Å². The Kier molecular flexibility index (Phi) is 9.37. The average molecular weight is 438 g/mol. The van der Waals surface area contributed by atoms with E-state index >= 15 is 0 Å². The summed E-state index contributed by atoms with van der Waals surface area (Å²) >= 11 is 0. The molecule has 0 unspecified atom stereocenters. The number of methoxy groups -OCH3 is 1. The number of hydrogen-bond acceptors (Lipinski definition) is 4. The quantitative estimate of drug-likeness (QED) is 0.478. The molecule has 0 aliphatic heterocycles. The predicted octanol–water partition coefficient (Wildman–Crippen LogP) is 6.14. The number of benzene rings is 2. The van der Waals surface area contributed by atoms with Crippen LogP contribution >= 0.6 is 0 Å². The van der Waals surface area contributed by atoms with Crippen molar-refractivity contribution in [3.8, 4) is 23.8 Å². The Morgan fingerprint density at radius 2 is 1.97 bits per heavy atom. The van der Waals surface area contributed by atoms with Crippen LogP contribution in [-0.2, 0) is 0 Å². The molecule has 0 amide bonds. The lowest BCUT2D eigenvalue weighted by atomic mass is 9.96. The van der Waals surface area contributed by atoms with Crippen molar-refractivity contribution >= 4 is 17.3 Å². The van der Waals surface area contributed by atoms with Gasteiger partial charge >= 0.3 is 5.97 Å². The van der Waals surface area contributed by atoms with Crippen molar-refractivity contribution in [3.05, 3.63) is 73.1 Å². The van der Waals surface area contributed by atoms with E-state index in [1.807, 2.05) is 23.1 Å². The molecule has 0 bridgehead atoms. The van der Waals surface area contributed by atoms with Gasteiger partial charge < -0.3 is 19.5 Å². The van der Waals surface area contributed by atoms with Crippen LogP contribution < -0.4 is 14.4 Å². The highest BCUT2D eigenvalue weighted by Gasteiger charge is 2.22. The maximum atomic E-state index is 13.4. The number of rotatable bonds is 9. The van der Waals surface area contributed by atoms with E-state index in [1.165, 1.54) is 12.1 Å². The van der Waals surface area contributed by atoms with Crippen LogP contribution in [0.2, 0.25) is 0 Å². The van der Waals surface area contributed by atoms with Gasteiger partial charge in [-0.05, 0) is 55.7 Å². The number of carboxylic acids is 1. The number of anilines is 2. The molecule has 0 saturated heterocycles. The van der Waals surface area contributed by atoms with E-state index in [0.717, 1.165) is 24.9 Å². The van der Waals surface area contributed by atoms with Crippen LogP contribution in [0.1, 0.15) is 36.0 Å². The van der Waals surface area contributed by atoms with Crippen LogP contribution in [0.25, 0.3) is 0 Å². The molecule has 0 atom stereocenters. The summed E-state index contributed by atoms with van der Waals surface area (Å²) in [6.07, 6.45) is 9.55. The number of allylic oxidation sites excluding steroid dienone is 1. The first-order valence-corrected chi connectivity index (χ1v) is 10.3. The highest BCUT2D eigenvalue weighted by molar-refractivity contribution is 5.89. The van der Waals surface area contributed by atoms with Crippen molar-refractivity contribution in [1.29, 1.82) is 0 Å². The summed E-state index contributed by atoms with van der Waals surface area (Å²) in [7, 11) is 1.59. The summed E-state index contributed by atoms with van der Waals surface area (Å²) in [5.74, 6) is 2.01. The molecule has 3 rings (SSSR count). The molecule has 2 aromatic carbocycles. The Morgan fingerprint density at radius 1 is 1.28 bits per heavy atom. The molecular weight excluding hydrogens is 409 g/mol. The molecule has 1 saturated carbocycles. The average Bonchev–Trinajstić information content (AvgIpc) is 2.76. The van der Waals surface area contributed by atoms with Gasteiger partial charge in [0.25, 0.3) is 0 Å². The van der Waals surface area contributed by atoms with Crippen molar-refractivity contribution in [2.45, 2.75) is 31.8 Å². The number of carbonyl (C=O) groups is 1. The Hall–Kier alpha value is -3.72. The standard InChI is InChI=1S/C22H24FNO4.C4H4/c1-15(23)11-12-24(17-6-3-5-16(13-17)22(25)26)18-9-10-20(27-2)21(14-18)28-19-7-4-8-19;1-3-4-2/h3,5-6,9-10,13-14,19H,1,4,7-8,11-12H2,2H3,(H,25,26);1,4H,2H2. The van der Waals surface area contributed by atoms with Crippen LogP contribution in [0.5, 0.6) is 11.5 Å². The minimum absolute atomic E-state index is 0.127. The zero-order chi connectivity index (χ0) is 23.5. The van der Waals surface area contributed by atoms with Gasteiger partial charge in [0.05, 0.1) is 24.6 Å². The van der Waals surface area contributed by atoms with E-state index in [-0.39, 0.29) is 18.1 Å². The monoisotopic (exact) mass is 437 g/mol. The molecule has 1 aliphatic carbocycles. The first kappa shape index (κ1) is 24.5. The molecule has 1 N–H and O–H groups in total. The van der Waals surface area contributed by atoms with Gasteiger partial charge in [0.2, 0.25) is 0 Å². The second-order valence-corrected chi connectivity index (χ2v) is 7.15. The zero-order valence-corrected chi connectivity index (χ0v) is 18.2. The number of nitrogens with zero attached hydrogens (tertiary/aromatic N) is 1. The van der Waals surface area contributed by atoms with E-state index < -0.39 is 11.8 Å². The molecular formula is C26H28FNO4. The third kappa shape index (κ3) is 6.92. The van der Waals surface area contributed by atoms with E-state index in [1.54, 1.807) is 25.3 Å². The van der Waals surface area contributed by atoms with E-state index in [9.17, 15) is 14.3 Å². The minimum Gasteiger partial charge on any atom is -0.493 e. The number of carboxylic acid groups (broad SMARTS) is 1. The number of halogens is 1. The lowest BCUT2D eigenvalue weighted by Crippen LogP contribution is -2.25. The molecule has 1 aliphatic rings. The van der Waals surface area contributed by atoms with Gasteiger partial charge in [-0.1, -0.05) is 25.1 Å². The maximum Gasteiger partial charge on any atom is 0.335 e. The maximum absolute atomic E-state index is 13.4. The molecule has 168 valence electrons. The predicted molar refractivity (Wildman–Crippen MR) is 126 cm³/mol. The highest BCUT2D eigenvalue weighted by Crippen LogP contribution is 2.37. The second kappa shape index (κ2) is 12.2. The van der Waals surface area contributed by atoms with E-state index in [4.69, 9.17) is 9.47 Å². The smallest absolute Gasteiger partial charge is 0.335 e. The summed E-state index contributed by atoms with van der Waals surface area (Å²) < 4.78 is 24.8. The molecule has 0 radical (unpaired) electrons. The molecule has 0 spiro atoms. The molecule has 2 aromatic rings. The van der Waals surface area contributed by atoms with Crippen molar-refractivity contribution in [3.63, 3.8) is 0 Å². The summed E-state index contributed by atoms with van der Waals surface area (Å²) in [6.45, 7) is 6.89. The van der Waals surface area contributed by atoms with Crippen molar-refractivity contribution < 1.29 is 23.8 Å². The molecule has 0 heterocycles. The van der Waals surface area contributed by atoms with Crippen molar-refractivity contribution in [2.24, 2.45) is 0 Å². The first-order valence-electron chi connectivity index (χ1n) is 10.3. The zero-order valence-electron chi connectivity index (χ0n) is 18.2. The molecule has 32 heavy (non-hydrogen) atoms. The van der Waals surface area contributed by atoms with Crippen LogP contribution in [0.3, 0.4) is 0 Å². The largest absolute Gasteiger partial charge is 0.493 e. The lowest BCUT2D eigenvalue weighted by Gasteiger charge is -2.29. The van der Waals surface area contributed by atoms with E-state index in [2.05, 4.69) is 25.5 Å². The van der Waals surface area contributed by atoms with Crippen LogP contribution in [0.15, 0.2) is 67.5 Å². The van der Waals surface area contributed by atoms with E-state index in [0.29, 0.717) is 23.7 Å². The molecule has 5 nitrogen and oxygen atoms in total. The topological polar surface area (TPSA) is 59.0 Å². The lowest BCUT2D eigenvalue weighted by molar-refractivity contribution is 0.0697. The Bertz CT molecular complexity index is 992. The first-order chi connectivity index (χ1) is 15.4. The summed E-state index contributed by atoms with van der Waals surface area (Å²) in [6, 6.07) is 12.1. The normalized spacial score (nSPS) is 12.3. The minimum atomic E-state index is -1.01. The van der Waals surface area contributed by atoms with Crippen LogP contribution in [-0.4, -0.2) is 30.8 Å². The van der Waals surface area contributed by atoms with Gasteiger partial charge in [-0.3, -0.25) is 0 Å². The van der Waals surface area contributed by atoms with Crippen molar-refractivity contribution in [1.82, 2.24) is 0 Å². The number of aromatic carboxylic acids is 1. The third-order valence-electron chi connectivity index (χ3n) is 4.93. The van der Waals surface area contributed by atoms with Crippen molar-refractivity contribution in [2.75, 3.05) is 18.6 Å². The fourth-order valence-corrected chi connectivity index (χ4v) is 3.04. The van der Waals surface area contributed by atoms with Crippen LogP contribution in [0.4, 0.5) is 15.8 Å². The Balaban J connectivity index is 0.000000837. The Morgan fingerprint density at radius 3 is 2.50 bits per heavy atom. The summed E-state index contributed by atoms with van der Waals surface area (Å²) in [5.41, 5.74) is 1.58. The highest BCUT2D eigenvalue weighted by atomic mass is 19.1. The molecule has 0 aromatic heterocycles. The summed E-state index contributed by atoms with van der Waals surface area (Å²) in [4.78, 5) is 13.2. The van der Waals surface area contributed by atoms with Gasteiger partial charge in [-0.25, -0.2) is 9.18 Å². The number of terminal acetylenes is 1.